The number of rotatable bonds is 6. The molecule has 0 saturated carbocycles. The third kappa shape index (κ3) is 4.53. The molecule has 0 radical (unpaired) electrons. The second-order valence-electron chi connectivity index (χ2n) is 8.45. The Labute approximate surface area is 188 Å². The molecule has 31 heavy (non-hydrogen) atoms. The summed E-state index contributed by atoms with van der Waals surface area (Å²) in [7, 11) is 1.86. The Balaban J connectivity index is 1.86. The number of nitrogens with one attached hydrogen (secondary N) is 1. The summed E-state index contributed by atoms with van der Waals surface area (Å²) < 4.78 is 1.78. The first-order valence-corrected chi connectivity index (χ1v) is 11.2. The van der Waals surface area contributed by atoms with E-state index in [-0.39, 0.29) is 5.56 Å². The summed E-state index contributed by atoms with van der Waals surface area (Å²) in [6.07, 6.45) is 5.76. The first-order valence-electron chi connectivity index (χ1n) is 10.9. The lowest BCUT2D eigenvalue weighted by Crippen LogP contribution is -2.42. The van der Waals surface area contributed by atoms with Gasteiger partial charge in [-0.2, -0.15) is 0 Å². The summed E-state index contributed by atoms with van der Waals surface area (Å²) in [5.41, 5.74) is 4.69. The maximum atomic E-state index is 13.5. The zero-order valence-corrected chi connectivity index (χ0v) is 19.1. The Morgan fingerprint density at radius 3 is 2.52 bits per heavy atom. The number of aromatic nitrogens is 2. The monoisotopic (exact) mass is 436 g/mol. The van der Waals surface area contributed by atoms with Gasteiger partial charge < -0.3 is 14.8 Å². The van der Waals surface area contributed by atoms with Crippen LogP contribution in [-0.2, 0) is 7.05 Å². The molecule has 0 bridgehead atoms. The molecular formula is C25H29ClN4O. The normalized spacial score (nSPS) is 16.3. The smallest absolute Gasteiger partial charge is 0.274 e. The number of hydrogen-bond acceptors (Lipinski definition) is 4. The molecule has 1 fully saturated rings. The number of benzene rings is 1. The van der Waals surface area contributed by atoms with Gasteiger partial charge in [0.15, 0.2) is 0 Å². The average molecular weight is 437 g/mol. The van der Waals surface area contributed by atoms with E-state index in [0.29, 0.717) is 17.1 Å². The lowest BCUT2D eigenvalue weighted by Gasteiger charge is -2.29. The summed E-state index contributed by atoms with van der Waals surface area (Å²) >= 11 is 6.12. The van der Waals surface area contributed by atoms with E-state index in [1.54, 1.807) is 17.0 Å². The van der Waals surface area contributed by atoms with Crippen LogP contribution < -0.4 is 15.8 Å². The standard InChI is InChI=1S/C25H29ClN4O/c1-17(2)28-16-21-5-4-14-30(21)23-15-22(18-10-12-27-13-11-18)24(29(3)25(23)31)19-6-8-20(26)9-7-19/h6-13,15,17,21,28H,4-5,14,16H2,1-3H3/t21-/m0/s1. The van der Waals surface area contributed by atoms with E-state index in [2.05, 4.69) is 35.1 Å². The van der Waals surface area contributed by atoms with Crippen LogP contribution in [0.1, 0.15) is 26.7 Å². The van der Waals surface area contributed by atoms with Crippen LogP contribution in [0.15, 0.2) is 59.7 Å². The Hall–Kier alpha value is -2.63. The molecule has 0 amide bonds. The summed E-state index contributed by atoms with van der Waals surface area (Å²) in [5, 5.41) is 4.21. The molecule has 1 N–H and O–H groups in total. The van der Waals surface area contributed by atoms with Crippen LogP contribution >= 0.6 is 11.6 Å². The van der Waals surface area contributed by atoms with E-state index in [9.17, 15) is 4.79 Å². The summed E-state index contributed by atoms with van der Waals surface area (Å²) in [5.74, 6) is 0. The molecule has 1 aliphatic rings. The number of pyridine rings is 2. The molecule has 0 unspecified atom stereocenters. The molecular weight excluding hydrogens is 408 g/mol. The van der Waals surface area contributed by atoms with Crippen LogP contribution in [0.2, 0.25) is 5.02 Å². The van der Waals surface area contributed by atoms with Gasteiger partial charge in [-0.05, 0) is 54.3 Å². The van der Waals surface area contributed by atoms with Crippen LogP contribution in [0.5, 0.6) is 0 Å². The lowest BCUT2D eigenvalue weighted by molar-refractivity contribution is 0.523. The molecule has 1 aliphatic heterocycles. The zero-order valence-electron chi connectivity index (χ0n) is 18.3. The summed E-state index contributed by atoms with van der Waals surface area (Å²) in [6, 6.07) is 14.4. The number of anilines is 1. The van der Waals surface area contributed by atoms with Gasteiger partial charge in [-0.25, -0.2) is 0 Å². The fourth-order valence-corrected chi connectivity index (χ4v) is 4.50. The second kappa shape index (κ2) is 9.25. The molecule has 1 atom stereocenters. The van der Waals surface area contributed by atoms with Crippen LogP contribution in [0.25, 0.3) is 22.4 Å². The van der Waals surface area contributed by atoms with Crippen LogP contribution in [0.3, 0.4) is 0 Å². The summed E-state index contributed by atoms with van der Waals surface area (Å²) in [4.78, 5) is 20.0. The molecule has 3 aromatic rings. The van der Waals surface area contributed by atoms with Crippen molar-refractivity contribution in [1.29, 1.82) is 0 Å². The van der Waals surface area contributed by atoms with Crippen LogP contribution in [0.4, 0.5) is 5.69 Å². The first kappa shape index (κ1) is 21.6. The molecule has 162 valence electrons. The second-order valence-corrected chi connectivity index (χ2v) is 8.89. The minimum Gasteiger partial charge on any atom is -0.363 e. The van der Waals surface area contributed by atoms with Crippen LogP contribution in [0, 0.1) is 0 Å². The van der Waals surface area contributed by atoms with E-state index >= 15 is 0 Å². The molecule has 1 saturated heterocycles. The van der Waals surface area contributed by atoms with Crippen molar-refractivity contribution in [2.45, 2.75) is 38.8 Å². The predicted molar refractivity (Wildman–Crippen MR) is 129 cm³/mol. The van der Waals surface area contributed by atoms with Crippen molar-refractivity contribution in [2.24, 2.45) is 7.05 Å². The van der Waals surface area contributed by atoms with Crippen molar-refractivity contribution < 1.29 is 0 Å². The van der Waals surface area contributed by atoms with E-state index < -0.39 is 0 Å². The van der Waals surface area contributed by atoms with E-state index in [4.69, 9.17) is 11.6 Å². The van der Waals surface area contributed by atoms with Gasteiger partial charge in [0, 0.05) is 55.2 Å². The Kier molecular flexibility index (Phi) is 6.44. The van der Waals surface area contributed by atoms with E-state index in [1.165, 1.54) is 0 Å². The molecule has 3 heterocycles. The number of hydrogen-bond donors (Lipinski definition) is 1. The third-order valence-electron chi connectivity index (χ3n) is 5.95. The highest BCUT2D eigenvalue weighted by atomic mass is 35.5. The van der Waals surface area contributed by atoms with E-state index in [1.807, 2.05) is 43.4 Å². The SMILES string of the molecule is CC(C)NC[C@@H]1CCCN1c1cc(-c2ccncc2)c(-c2ccc(Cl)cc2)n(C)c1=O. The van der Waals surface area contributed by atoms with Crippen molar-refractivity contribution in [3.63, 3.8) is 0 Å². The van der Waals surface area contributed by atoms with Crippen molar-refractivity contribution in [1.82, 2.24) is 14.9 Å². The maximum Gasteiger partial charge on any atom is 0.274 e. The molecule has 2 aromatic heterocycles. The minimum absolute atomic E-state index is 0.0270. The van der Waals surface area contributed by atoms with E-state index in [0.717, 1.165) is 54.0 Å². The Morgan fingerprint density at radius 1 is 1.13 bits per heavy atom. The average Bonchev–Trinajstić information content (AvgIpc) is 3.24. The third-order valence-corrected chi connectivity index (χ3v) is 6.20. The first-order chi connectivity index (χ1) is 15.0. The molecule has 4 rings (SSSR count). The lowest BCUT2D eigenvalue weighted by atomic mass is 9.98. The van der Waals surface area contributed by atoms with Gasteiger partial charge >= 0.3 is 0 Å². The van der Waals surface area contributed by atoms with Gasteiger partial charge in [-0.3, -0.25) is 9.78 Å². The maximum absolute atomic E-state index is 13.5. The minimum atomic E-state index is 0.0270. The molecule has 0 spiro atoms. The highest BCUT2D eigenvalue weighted by molar-refractivity contribution is 6.30. The van der Waals surface area contributed by atoms with Gasteiger partial charge in [-0.15, -0.1) is 0 Å². The van der Waals surface area contributed by atoms with Gasteiger partial charge in [0.05, 0.1) is 5.69 Å². The zero-order chi connectivity index (χ0) is 22.0. The number of halogens is 1. The Morgan fingerprint density at radius 2 is 1.84 bits per heavy atom. The van der Waals surface area contributed by atoms with Crippen molar-refractivity contribution in [3.05, 3.63) is 70.2 Å². The predicted octanol–water partition coefficient (Wildman–Crippen LogP) is 4.73. The molecule has 5 nitrogen and oxygen atoms in total. The largest absolute Gasteiger partial charge is 0.363 e. The highest BCUT2D eigenvalue weighted by Gasteiger charge is 2.28. The molecule has 6 heteroatoms. The molecule has 1 aromatic carbocycles. The van der Waals surface area contributed by atoms with Crippen molar-refractivity contribution in [3.8, 4) is 22.4 Å². The molecule has 0 aliphatic carbocycles. The topological polar surface area (TPSA) is 50.2 Å². The van der Waals surface area contributed by atoms with Gasteiger partial charge in [0.2, 0.25) is 0 Å². The van der Waals surface area contributed by atoms with Crippen molar-refractivity contribution >= 4 is 17.3 Å². The summed E-state index contributed by atoms with van der Waals surface area (Å²) in [6.45, 7) is 6.08. The number of nitrogens with zero attached hydrogens (tertiary/aromatic N) is 3. The Bertz CT molecular complexity index is 1090. The van der Waals surface area contributed by atoms with Gasteiger partial charge in [-0.1, -0.05) is 37.6 Å². The van der Waals surface area contributed by atoms with Gasteiger partial charge in [0.1, 0.15) is 5.69 Å². The quantitative estimate of drug-likeness (QED) is 0.606. The highest BCUT2D eigenvalue weighted by Crippen LogP contribution is 2.35. The van der Waals surface area contributed by atoms with Crippen LogP contribution in [-0.4, -0.2) is 34.7 Å². The van der Waals surface area contributed by atoms with Crippen molar-refractivity contribution in [2.75, 3.05) is 18.0 Å². The van der Waals surface area contributed by atoms with Gasteiger partial charge in [0.25, 0.3) is 5.56 Å². The fourth-order valence-electron chi connectivity index (χ4n) is 4.37. The fraction of sp³-hybridized carbons (Fsp3) is 0.360.